The predicted octanol–water partition coefficient (Wildman–Crippen LogP) is 0.214. The molecule has 4 heteroatoms. The second-order valence-corrected chi connectivity index (χ2v) is 3.81. The normalized spacial score (nSPS) is 14.9. The van der Waals surface area contributed by atoms with Gasteiger partial charge in [0.2, 0.25) is 5.91 Å². The van der Waals surface area contributed by atoms with E-state index in [0.29, 0.717) is 6.54 Å². The summed E-state index contributed by atoms with van der Waals surface area (Å²) in [5.41, 5.74) is 0. The smallest absolute Gasteiger partial charge is 0.238 e. The van der Waals surface area contributed by atoms with Crippen LogP contribution in [0.3, 0.4) is 0 Å². The zero-order valence-electron chi connectivity index (χ0n) is 9.58. The number of hydrogen-bond acceptors (Lipinski definition) is 3. The van der Waals surface area contributed by atoms with E-state index in [4.69, 9.17) is 0 Å². The maximum absolute atomic E-state index is 11.4. The van der Waals surface area contributed by atoms with E-state index in [0.717, 1.165) is 12.8 Å². The van der Waals surface area contributed by atoms with E-state index >= 15 is 0 Å². The first-order valence-corrected chi connectivity index (χ1v) is 5.11. The summed E-state index contributed by atoms with van der Waals surface area (Å²) in [5, 5.41) is 12.4. The van der Waals surface area contributed by atoms with Gasteiger partial charge in [0.15, 0.2) is 0 Å². The van der Waals surface area contributed by atoms with Gasteiger partial charge in [0.05, 0.1) is 12.1 Å². The van der Waals surface area contributed by atoms with Gasteiger partial charge in [0, 0.05) is 20.6 Å². The third-order valence-corrected chi connectivity index (χ3v) is 2.09. The third kappa shape index (κ3) is 5.19. The average molecular weight is 202 g/mol. The van der Waals surface area contributed by atoms with Gasteiger partial charge in [-0.25, -0.2) is 0 Å². The largest absolute Gasteiger partial charge is 0.392 e. The Morgan fingerprint density at radius 2 is 2.07 bits per heavy atom. The van der Waals surface area contributed by atoms with Crippen LogP contribution in [-0.2, 0) is 4.79 Å². The number of nitrogens with zero attached hydrogens (tertiary/aromatic N) is 1. The third-order valence-electron chi connectivity index (χ3n) is 2.09. The summed E-state index contributed by atoms with van der Waals surface area (Å²) in [5.74, 6) is 0.0358. The van der Waals surface area contributed by atoms with Crippen LogP contribution in [0.15, 0.2) is 0 Å². The van der Waals surface area contributed by atoms with E-state index in [1.165, 1.54) is 0 Å². The highest BCUT2D eigenvalue weighted by Gasteiger charge is 2.14. The molecule has 84 valence electrons. The Morgan fingerprint density at radius 3 is 2.50 bits per heavy atom. The number of hydrogen-bond donors (Lipinski definition) is 2. The summed E-state index contributed by atoms with van der Waals surface area (Å²) >= 11 is 0. The summed E-state index contributed by atoms with van der Waals surface area (Å²) in [6.07, 6.45) is 1.38. The SMILES string of the molecule is CCCC(O)CNC(C)C(=O)N(C)C. The van der Waals surface area contributed by atoms with Crippen LogP contribution in [0, 0.1) is 0 Å². The number of carbonyl (C=O) groups excluding carboxylic acids is 1. The van der Waals surface area contributed by atoms with Gasteiger partial charge in [-0.15, -0.1) is 0 Å². The fourth-order valence-corrected chi connectivity index (χ4v) is 1.22. The summed E-state index contributed by atoms with van der Waals surface area (Å²) < 4.78 is 0. The highest BCUT2D eigenvalue weighted by atomic mass is 16.3. The van der Waals surface area contributed by atoms with Gasteiger partial charge in [-0.2, -0.15) is 0 Å². The maximum atomic E-state index is 11.4. The number of aliphatic hydroxyl groups is 1. The first-order chi connectivity index (χ1) is 6.49. The highest BCUT2D eigenvalue weighted by molar-refractivity contribution is 5.80. The van der Waals surface area contributed by atoms with Crippen LogP contribution in [0.4, 0.5) is 0 Å². The summed E-state index contributed by atoms with van der Waals surface area (Å²) in [7, 11) is 3.45. The fourth-order valence-electron chi connectivity index (χ4n) is 1.22. The summed E-state index contributed by atoms with van der Waals surface area (Å²) in [4.78, 5) is 12.9. The predicted molar refractivity (Wildman–Crippen MR) is 57.1 cm³/mol. The Kier molecular flexibility index (Phi) is 6.49. The molecule has 14 heavy (non-hydrogen) atoms. The van der Waals surface area contributed by atoms with Crippen LogP contribution in [0.2, 0.25) is 0 Å². The average Bonchev–Trinajstić information content (AvgIpc) is 2.13. The summed E-state index contributed by atoms with van der Waals surface area (Å²) in [6, 6.07) is -0.225. The highest BCUT2D eigenvalue weighted by Crippen LogP contribution is 1.95. The van der Waals surface area contributed by atoms with Crippen molar-refractivity contribution in [2.24, 2.45) is 0 Å². The first kappa shape index (κ1) is 13.4. The van der Waals surface area contributed by atoms with Crippen molar-refractivity contribution in [1.29, 1.82) is 0 Å². The van der Waals surface area contributed by atoms with Crippen molar-refractivity contribution in [3.05, 3.63) is 0 Å². The van der Waals surface area contributed by atoms with Crippen molar-refractivity contribution in [3.8, 4) is 0 Å². The quantitative estimate of drug-likeness (QED) is 0.647. The van der Waals surface area contributed by atoms with Crippen LogP contribution in [0.1, 0.15) is 26.7 Å². The number of carbonyl (C=O) groups is 1. The van der Waals surface area contributed by atoms with E-state index in [9.17, 15) is 9.90 Å². The Morgan fingerprint density at radius 1 is 1.50 bits per heavy atom. The van der Waals surface area contributed by atoms with Gasteiger partial charge in [-0.1, -0.05) is 13.3 Å². The van der Waals surface area contributed by atoms with Crippen molar-refractivity contribution in [3.63, 3.8) is 0 Å². The number of aliphatic hydroxyl groups excluding tert-OH is 1. The molecule has 0 aromatic carbocycles. The molecule has 1 amide bonds. The number of amides is 1. The Hall–Kier alpha value is -0.610. The molecule has 0 aliphatic rings. The molecular formula is C10H22N2O2. The molecule has 2 N–H and O–H groups in total. The van der Waals surface area contributed by atoms with Gasteiger partial charge in [-0.3, -0.25) is 4.79 Å². The second-order valence-electron chi connectivity index (χ2n) is 3.81. The van der Waals surface area contributed by atoms with Gasteiger partial charge < -0.3 is 15.3 Å². The lowest BCUT2D eigenvalue weighted by molar-refractivity contribution is -0.130. The molecule has 0 fully saturated rings. The van der Waals surface area contributed by atoms with Gasteiger partial charge in [-0.05, 0) is 13.3 Å². The molecule has 0 saturated carbocycles. The molecular weight excluding hydrogens is 180 g/mol. The van der Waals surface area contributed by atoms with Crippen molar-refractivity contribution >= 4 is 5.91 Å². The molecule has 4 nitrogen and oxygen atoms in total. The molecule has 2 unspecified atom stereocenters. The molecule has 0 heterocycles. The summed E-state index contributed by atoms with van der Waals surface area (Å²) in [6.45, 7) is 4.31. The molecule has 0 radical (unpaired) electrons. The number of likely N-dealkylation sites (N-methyl/N-ethyl adjacent to an activating group) is 1. The first-order valence-electron chi connectivity index (χ1n) is 5.11. The van der Waals surface area contributed by atoms with Crippen LogP contribution in [-0.4, -0.2) is 48.7 Å². The van der Waals surface area contributed by atoms with Gasteiger partial charge >= 0.3 is 0 Å². The number of rotatable bonds is 6. The molecule has 0 aliphatic heterocycles. The maximum Gasteiger partial charge on any atom is 0.238 e. The molecule has 0 spiro atoms. The topological polar surface area (TPSA) is 52.6 Å². The zero-order valence-corrected chi connectivity index (χ0v) is 9.58. The van der Waals surface area contributed by atoms with E-state index < -0.39 is 0 Å². The van der Waals surface area contributed by atoms with E-state index in [1.54, 1.807) is 25.9 Å². The minimum absolute atomic E-state index is 0.0358. The molecule has 0 saturated heterocycles. The lowest BCUT2D eigenvalue weighted by atomic mass is 10.2. The number of nitrogens with one attached hydrogen (secondary N) is 1. The lowest BCUT2D eigenvalue weighted by Gasteiger charge is -2.19. The monoisotopic (exact) mass is 202 g/mol. The molecule has 0 bridgehead atoms. The van der Waals surface area contributed by atoms with E-state index in [1.807, 2.05) is 6.92 Å². The molecule has 0 aliphatic carbocycles. The van der Waals surface area contributed by atoms with Crippen molar-refractivity contribution in [2.45, 2.75) is 38.8 Å². The van der Waals surface area contributed by atoms with Crippen LogP contribution >= 0.6 is 0 Å². The molecule has 0 aromatic heterocycles. The lowest BCUT2D eigenvalue weighted by Crippen LogP contribution is -2.44. The Labute approximate surface area is 86.3 Å². The molecule has 2 atom stereocenters. The molecule has 0 aromatic rings. The van der Waals surface area contributed by atoms with Crippen molar-refractivity contribution < 1.29 is 9.90 Å². The van der Waals surface area contributed by atoms with Crippen molar-refractivity contribution in [2.75, 3.05) is 20.6 Å². The minimum Gasteiger partial charge on any atom is -0.392 e. The van der Waals surface area contributed by atoms with E-state index in [-0.39, 0.29) is 18.1 Å². The Balaban J connectivity index is 3.73. The van der Waals surface area contributed by atoms with E-state index in [2.05, 4.69) is 5.32 Å². The fraction of sp³-hybridized carbons (Fsp3) is 0.900. The van der Waals surface area contributed by atoms with Gasteiger partial charge in [0.25, 0.3) is 0 Å². The van der Waals surface area contributed by atoms with Crippen LogP contribution in [0.5, 0.6) is 0 Å². The Bertz CT molecular complexity index is 172. The molecule has 0 rings (SSSR count). The zero-order chi connectivity index (χ0) is 11.1. The van der Waals surface area contributed by atoms with Crippen LogP contribution < -0.4 is 5.32 Å². The van der Waals surface area contributed by atoms with Crippen LogP contribution in [0.25, 0.3) is 0 Å². The minimum atomic E-state index is -0.350. The van der Waals surface area contributed by atoms with Gasteiger partial charge in [0.1, 0.15) is 0 Å². The second kappa shape index (κ2) is 6.79. The van der Waals surface area contributed by atoms with Crippen molar-refractivity contribution in [1.82, 2.24) is 10.2 Å². The standard InChI is InChI=1S/C10H22N2O2/c1-5-6-9(13)7-11-8(2)10(14)12(3)4/h8-9,11,13H,5-7H2,1-4H3.